The molecule has 0 radical (unpaired) electrons. The lowest BCUT2D eigenvalue weighted by molar-refractivity contribution is -0.144. The molecule has 0 heterocycles. The highest BCUT2D eigenvalue weighted by Gasteiger charge is 2.51. The van der Waals surface area contributed by atoms with Gasteiger partial charge in [-0.25, -0.2) is 0 Å². The van der Waals surface area contributed by atoms with Crippen LogP contribution < -0.4 is 5.32 Å². The smallest absolute Gasteiger partial charge is 0.308 e. The lowest BCUT2D eigenvalue weighted by Gasteiger charge is -2.29. The van der Waals surface area contributed by atoms with Gasteiger partial charge < -0.3 is 10.4 Å². The first-order chi connectivity index (χ1) is 9.15. The highest BCUT2D eigenvalue weighted by atomic mass is 16.4. The first-order valence-electron chi connectivity index (χ1n) is 7.34. The summed E-state index contributed by atoms with van der Waals surface area (Å²) in [4.78, 5) is 23.4. The predicted octanol–water partition coefficient (Wildman–Crippen LogP) is 1.96. The maximum absolute atomic E-state index is 12.1. The molecule has 5 unspecified atom stereocenters. The molecule has 0 aliphatic heterocycles. The Kier molecular flexibility index (Phi) is 3.33. The zero-order valence-corrected chi connectivity index (χ0v) is 11.0. The number of rotatable bonds is 4. The molecule has 3 aliphatic carbocycles. The average Bonchev–Trinajstić information content (AvgIpc) is 3.03. The number of nitrogens with one attached hydrogen (secondary N) is 1. The zero-order valence-electron chi connectivity index (χ0n) is 11.0. The number of carbonyl (C=O) groups excluding carboxylic acids is 1. The predicted molar refractivity (Wildman–Crippen MR) is 70.4 cm³/mol. The molecular weight excluding hydrogens is 242 g/mol. The van der Waals surface area contributed by atoms with Crippen molar-refractivity contribution in [2.45, 2.75) is 44.6 Å². The summed E-state index contributed by atoms with van der Waals surface area (Å²) in [6, 6.07) is -0.130. The van der Waals surface area contributed by atoms with E-state index in [1.807, 2.05) is 0 Å². The first-order valence-corrected chi connectivity index (χ1v) is 7.34. The van der Waals surface area contributed by atoms with Crippen molar-refractivity contribution in [3.8, 4) is 0 Å². The van der Waals surface area contributed by atoms with Crippen molar-refractivity contribution < 1.29 is 14.7 Å². The van der Waals surface area contributed by atoms with Crippen LogP contribution >= 0.6 is 0 Å². The van der Waals surface area contributed by atoms with E-state index in [1.165, 1.54) is 0 Å². The Labute approximate surface area is 113 Å². The molecule has 2 N–H and O–H groups in total. The molecule has 2 fully saturated rings. The Balaban J connectivity index is 1.60. The van der Waals surface area contributed by atoms with Crippen molar-refractivity contribution in [1.29, 1.82) is 0 Å². The van der Waals surface area contributed by atoms with E-state index in [0.29, 0.717) is 18.3 Å². The van der Waals surface area contributed by atoms with Gasteiger partial charge >= 0.3 is 5.97 Å². The van der Waals surface area contributed by atoms with E-state index in [9.17, 15) is 14.7 Å². The lowest BCUT2D eigenvalue weighted by Crippen LogP contribution is -2.47. The van der Waals surface area contributed by atoms with E-state index in [2.05, 4.69) is 17.5 Å². The molecule has 19 heavy (non-hydrogen) atoms. The van der Waals surface area contributed by atoms with Gasteiger partial charge in [-0.15, -0.1) is 0 Å². The van der Waals surface area contributed by atoms with Crippen molar-refractivity contribution in [1.82, 2.24) is 5.32 Å². The van der Waals surface area contributed by atoms with Crippen molar-refractivity contribution in [2.75, 3.05) is 0 Å². The quantitative estimate of drug-likeness (QED) is 0.762. The van der Waals surface area contributed by atoms with Crippen LogP contribution in [0.3, 0.4) is 0 Å². The van der Waals surface area contributed by atoms with Gasteiger partial charge in [0.05, 0.1) is 5.92 Å². The number of fused-ring (bicyclic) bond motifs is 2. The van der Waals surface area contributed by atoms with Crippen LogP contribution in [0.25, 0.3) is 0 Å². The Morgan fingerprint density at radius 2 is 2.00 bits per heavy atom. The first kappa shape index (κ1) is 12.7. The fourth-order valence-electron chi connectivity index (χ4n) is 4.20. The summed E-state index contributed by atoms with van der Waals surface area (Å²) in [5.74, 6) is -0.0596. The van der Waals surface area contributed by atoms with E-state index < -0.39 is 5.97 Å². The topological polar surface area (TPSA) is 66.4 Å². The van der Waals surface area contributed by atoms with E-state index in [4.69, 9.17) is 0 Å². The highest BCUT2D eigenvalue weighted by Crippen LogP contribution is 2.48. The zero-order chi connectivity index (χ0) is 13.4. The van der Waals surface area contributed by atoms with Gasteiger partial charge in [0.2, 0.25) is 5.91 Å². The molecule has 0 saturated heterocycles. The van der Waals surface area contributed by atoms with Crippen molar-refractivity contribution in [2.24, 2.45) is 23.7 Å². The summed E-state index contributed by atoms with van der Waals surface area (Å²) in [7, 11) is 0. The SMILES string of the molecule is O=C(CC1C=CCC1)NC1C2CCC(C2)C1C(=O)O. The van der Waals surface area contributed by atoms with Gasteiger partial charge in [-0.2, -0.15) is 0 Å². The lowest BCUT2D eigenvalue weighted by atomic mass is 9.84. The third-order valence-electron chi connectivity index (χ3n) is 5.09. The van der Waals surface area contributed by atoms with E-state index in [1.54, 1.807) is 0 Å². The minimum atomic E-state index is -0.738. The number of hydrogen-bond acceptors (Lipinski definition) is 2. The summed E-state index contributed by atoms with van der Waals surface area (Å²) < 4.78 is 0. The number of carboxylic acid groups (broad SMARTS) is 1. The maximum atomic E-state index is 12.1. The van der Waals surface area contributed by atoms with Crippen LogP contribution in [0.1, 0.15) is 38.5 Å². The fraction of sp³-hybridized carbons (Fsp3) is 0.733. The molecule has 104 valence electrons. The molecule has 3 rings (SSSR count). The number of allylic oxidation sites excluding steroid dienone is 2. The van der Waals surface area contributed by atoms with Crippen molar-refractivity contribution in [3.05, 3.63) is 12.2 Å². The second-order valence-corrected chi connectivity index (χ2v) is 6.26. The van der Waals surface area contributed by atoms with Gasteiger partial charge in [0.15, 0.2) is 0 Å². The summed E-state index contributed by atoms with van der Waals surface area (Å²) in [6.45, 7) is 0. The van der Waals surface area contributed by atoms with Crippen molar-refractivity contribution in [3.63, 3.8) is 0 Å². The van der Waals surface area contributed by atoms with E-state index in [-0.39, 0.29) is 23.8 Å². The molecule has 0 aromatic rings. The minimum absolute atomic E-state index is 0.0281. The van der Waals surface area contributed by atoms with Gasteiger partial charge in [0, 0.05) is 12.5 Å². The Hall–Kier alpha value is -1.32. The minimum Gasteiger partial charge on any atom is -0.481 e. The Morgan fingerprint density at radius 3 is 2.68 bits per heavy atom. The van der Waals surface area contributed by atoms with E-state index >= 15 is 0 Å². The third-order valence-corrected chi connectivity index (χ3v) is 5.09. The summed E-state index contributed by atoms with van der Waals surface area (Å²) in [6.07, 6.45) is 9.91. The molecule has 4 heteroatoms. The molecule has 5 atom stereocenters. The molecule has 0 aromatic heterocycles. The number of aliphatic carboxylic acids is 1. The normalized spacial score (nSPS) is 39.7. The second kappa shape index (κ2) is 4.99. The molecule has 1 amide bonds. The average molecular weight is 263 g/mol. The van der Waals surface area contributed by atoms with Crippen LogP contribution in [-0.4, -0.2) is 23.0 Å². The van der Waals surface area contributed by atoms with Crippen molar-refractivity contribution >= 4 is 11.9 Å². The Morgan fingerprint density at radius 1 is 1.21 bits per heavy atom. The Bertz CT molecular complexity index is 418. The van der Waals surface area contributed by atoms with Crippen LogP contribution in [0.15, 0.2) is 12.2 Å². The largest absolute Gasteiger partial charge is 0.481 e. The molecular formula is C15H21NO3. The molecule has 0 aromatic carbocycles. The van der Waals surface area contributed by atoms with Gasteiger partial charge in [-0.1, -0.05) is 12.2 Å². The summed E-state index contributed by atoms with van der Waals surface area (Å²) in [5.41, 5.74) is 0. The van der Waals surface area contributed by atoms with Gasteiger partial charge in [-0.3, -0.25) is 9.59 Å². The van der Waals surface area contributed by atoms with Gasteiger partial charge in [-0.05, 0) is 49.9 Å². The number of amides is 1. The monoisotopic (exact) mass is 263 g/mol. The fourth-order valence-corrected chi connectivity index (χ4v) is 4.20. The van der Waals surface area contributed by atoms with Gasteiger partial charge in [0.25, 0.3) is 0 Å². The second-order valence-electron chi connectivity index (χ2n) is 6.26. The van der Waals surface area contributed by atoms with Crippen LogP contribution in [0.2, 0.25) is 0 Å². The third kappa shape index (κ3) is 2.40. The molecule has 2 saturated carbocycles. The highest BCUT2D eigenvalue weighted by molar-refractivity contribution is 5.79. The molecule has 3 aliphatic rings. The summed E-state index contributed by atoms with van der Waals surface area (Å²) in [5, 5.41) is 12.4. The van der Waals surface area contributed by atoms with E-state index in [0.717, 1.165) is 32.1 Å². The van der Waals surface area contributed by atoms with Crippen LogP contribution in [-0.2, 0) is 9.59 Å². The van der Waals surface area contributed by atoms with Crippen LogP contribution in [0.4, 0.5) is 0 Å². The maximum Gasteiger partial charge on any atom is 0.308 e. The molecule has 0 spiro atoms. The number of carboxylic acids is 1. The number of hydrogen-bond donors (Lipinski definition) is 2. The molecule has 2 bridgehead atoms. The number of carbonyl (C=O) groups is 2. The van der Waals surface area contributed by atoms with Crippen LogP contribution in [0, 0.1) is 23.7 Å². The van der Waals surface area contributed by atoms with Gasteiger partial charge in [0.1, 0.15) is 0 Å². The standard InChI is InChI=1S/C15H21NO3/c17-12(7-9-3-1-2-4-9)16-14-11-6-5-10(8-11)13(14)15(18)19/h1,3,9-11,13-14H,2,4-8H2,(H,16,17)(H,18,19). The summed E-state index contributed by atoms with van der Waals surface area (Å²) >= 11 is 0. The van der Waals surface area contributed by atoms with Crippen LogP contribution in [0.5, 0.6) is 0 Å². The molecule has 4 nitrogen and oxygen atoms in total.